The smallest absolute Gasteiger partial charge is 0.176 e. The van der Waals surface area contributed by atoms with Crippen molar-refractivity contribution in [3.8, 4) is 0 Å². The number of halogens is 3. The van der Waals surface area contributed by atoms with Gasteiger partial charge in [0.05, 0.1) is 4.83 Å². The Balaban J connectivity index is 3.08. The van der Waals surface area contributed by atoms with Gasteiger partial charge in [0, 0.05) is 15.1 Å². The van der Waals surface area contributed by atoms with Gasteiger partial charge in [-0.25, -0.2) is 0 Å². The molecule has 0 aliphatic carbocycles. The van der Waals surface area contributed by atoms with Gasteiger partial charge in [-0.2, -0.15) is 0 Å². The Morgan fingerprint density at radius 3 is 2.54 bits per heavy atom. The predicted molar refractivity (Wildman–Crippen MR) is 61.9 cm³/mol. The summed E-state index contributed by atoms with van der Waals surface area (Å²) in [5.41, 5.74) is 0.615. The van der Waals surface area contributed by atoms with Crippen LogP contribution in [0.1, 0.15) is 17.3 Å². The van der Waals surface area contributed by atoms with Crippen molar-refractivity contribution in [3.05, 3.63) is 33.3 Å². The highest BCUT2D eigenvalue weighted by atomic mass is 79.9. The summed E-state index contributed by atoms with van der Waals surface area (Å²) in [4.78, 5) is 11.3. The number of hydrogen-bond acceptors (Lipinski definition) is 1. The van der Waals surface area contributed by atoms with Crippen molar-refractivity contribution in [1.82, 2.24) is 0 Å². The van der Waals surface area contributed by atoms with Gasteiger partial charge in [0.15, 0.2) is 5.78 Å². The highest BCUT2D eigenvalue weighted by Crippen LogP contribution is 2.21. The van der Waals surface area contributed by atoms with Crippen molar-refractivity contribution < 1.29 is 4.79 Å². The second-order valence-electron chi connectivity index (χ2n) is 2.64. The average Bonchev–Trinajstić information content (AvgIpc) is 2.01. The molecule has 70 valence electrons. The Kier molecular flexibility index (Phi) is 3.95. The molecule has 0 saturated carbocycles. The highest BCUT2D eigenvalue weighted by molar-refractivity contribution is 9.10. The summed E-state index contributed by atoms with van der Waals surface area (Å²) >= 11 is 12.3. The van der Waals surface area contributed by atoms with Crippen molar-refractivity contribution in [3.63, 3.8) is 0 Å². The fourth-order valence-electron chi connectivity index (χ4n) is 0.926. The van der Waals surface area contributed by atoms with Crippen LogP contribution in [0.3, 0.4) is 0 Å². The van der Waals surface area contributed by atoms with E-state index in [1.807, 2.05) is 0 Å². The van der Waals surface area contributed by atoms with E-state index >= 15 is 0 Å². The van der Waals surface area contributed by atoms with Crippen molar-refractivity contribution in [2.24, 2.45) is 0 Å². The molecule has 0 heterocycles. The molecule has 0 bridgehead atoms. The summed E-state index contributed by atoms with van der Waals surface area (Å²) in [5, 5.41) is 0.561. The van der Waals surface area contributed by atoms with Gasteiger partial charge < -0.3 is 0 Å². The summed E-state index contributed by atoms with van der Waals surface area (Å²) in [7, 11) is 0. The lowest BCUT2D eigenvalue weighted by Crippen LogP contribution is -2.09. The van der Waals surface area contributed by atoms with E-state index in [0.717, 1.165) is 4.47 Å². The van der Waals surface area contributed by atoms with Crippen LogP contribution in [0.25, 0.3) is 0 Å². The van der Waals surface area contributed by atoms with E-state index in [1.54, 1.807) is 25.1 Å². The molecule has 0 aliphatic heterocycles. The standard InChI is InChI=1S/C9H7Br2ClO/c1-5(10)9(13)6-2-7(11)4-8(12)3-6/h2-5H,1H3. The third-order valence-corrected chi connectivity index (χ3v) is 2.60. The van der Waals surface area contributed by atoms with Crippen molar-refractivity contribution >= 4 is 49.2 Å². The first-order valence-corrected chi connectivity index (χ1v) is 5.74. The maximum Gasteiger partial charge on any atom is 0.176 e. The summed E-state index contributed by atoms with van der Waals surface area (Å²) < 4.78 is 0.816. The zero-order valence-corrected chi connectivity index (χ0v) is 10.8. The minimum Gasteiger partial charge on any atom is -0.293 e. The fourth-order valence-corrected chi connectivity index (χ4v) is 2.05. The molecule has 0 aliphatic rings. The van der Waals surface area contributed by atoms with Crippen LogP contribution in [0.15, 0.2) is 22.7 Å². The number of alkyl halides is 1. The molecule has 1 atom stereocenters. The monoisotopic (exact) mass is 324 g/mol. The second-order valence-corrected chi connectivity index (χ2v) is 5.36. The fraction of sp³-hybridized carbons (Fsp3) is 0.222. The first-order valence-electron chi connectivity index (χ1n) is 3.65. The Labute approximate surface area is 98.7 Å². The number of carbonyl (C=O) groups excluding carboxylic acids is 1. The van der Waals surface area contributed by atoms with Gasteiger partial charge in [0.2, 0.25) is 0 Å². The second kappa shape index (κ2) is 4.58. The lowest BCUT2D eigenvalue weighted by Gasteiger charge is -2.03. The highest BCUT2D eigenvalue weighted by Gasteiger charge is 2.12. The van der Waals surface area contributed by atoms with Crippen LogP contribution in [0.4, 0.5) is 0 Å². The van der Waals surface area contributed by atoms with Gasteiger partial charge in [-0.3, -0.25) is 4.79 Å². The minimum atomic E-state index is -0.183. The molecule has 0 amide bonds. The lowest BCUT2D eigenvalue weighted by molar-refractivity contribution is 0.0996. The van der Waals surface area contributed by atoms with Crippen LogP contribution in [0.2, 0.25) is 5.02 Å². The van der Waals surface area contributed by atoms with Gasteiger partial charge in [-0.05, 0) is 25.1 Å². The minimum absolute atomic E-state index is 0.0307. The molecule has 0 spiro atoms. The van der Waals surface area contributed by atoms with Crippen LogP contribution in [-0.4, -0.2) is 10.6 Å². The summed E-state index contributed by atoms with van der Waals surface area (Å²) in [6.07, 6.45) is 0. The molecule has 0 N–H and O–H groups in total. The normalized spacial score (nSPS) is 12.6. The van der Waals surface area contributed by atoms with E-state index in [4.69, 9.17) is 11.6 Å². The zero-order chi connectivity index (χ0) is 10.0. The summed E-state index contributed by atoms with van der Waals surface area (Å²) in [6, 6.07) is 5.16. The van der Waals surface area contributed by atoms with E-state index in [1.165, 1.54) is 0 Å². The molecule has 4 heteroatoms. The van der Waals surface area contributed by atoms with Crippen molar-refractivity contribution in [2.45, 2.75) is 11.8 Å². The van der Waals surface area contributed by atoms with Crippen molar-refractivity contribution in [2.75, 3.05) is 0 Å². The van der Waals surface area contributed by atoms with Gasteiger partial charge in [0.25, 0.3) is 0 Å². The largest absolute Gasteiger partial charge is 0.293 e. The number of rotatable bonds is 2. The average molecular weight is 326 g/mol. The maximum absolute atomic E-state index is 11.5. The molecule has 1 unspecified atom stereocenters. The van der Waals surface area contributed by atoms with Crippen LogP contribution in [-0.2, 0) is 0 Å². The first kappa shape index (κ1) is 11.2. The lowest BCUT2D eigenvalue weighted by atomic mass is 10.1. The zero-order valence-electron chi connectivity index (χ0n) is 6.85. The number of carbonyl (C=O) groups is 1. The Morgan fingerprint density at radius 2 is 2.08 bits per heavy atom. The van der Waals surface area contributed by atoms with Crippen LogP contribution in [0.5, 0.6) is 0 Å². The molecule has 1 aromatic carbocycles. The van der Waals surface area contributed by atoms with Gasteiger partial charge >= 0.3 is 0 Å². The molecule has 0 fully saturated rings. The van der Waals surface area contributed by atoms with Gasteiger partial charge in [-0.15, -0.1) is 0 Å². The van der Waals surface area contributed by atoms with E-state index in [9.17, 15) is 4.79 Å². The Hall–Kier alpha value is 0.140. The van der Waals surface area contributed by atoms with Crippen molar-refractivity contribution in [1.29, 1.82) is 0 Å². The number of hydrogen-bond donors (Lipinski definition) is 0. The third-order valence-electron chi connectivity index (χ3n) is 1.51. The van der Waals surface area contributed by atoms with Crippen LogP contribution < -0.4 is 0 Å². The Morgan fingerprint density at radius 1 is 1.46 bits per heavy atom. The number of Topliss-reactive ketones (excluding diaryl/α,β-unsaturated/α-hetero) is 1. The van der Waals surface area contributed by atoms with E-state index < -0.39 is 0 Å². The van der Waals surface area contributed by atoms with Gasteiger partial charge in [-0.1, -0.05) is 43.5 Å². The topological polar surface area (TPSA) is 17.1 Å². The Bertz CT molecular complexity index is 316. The van der Waals surface area contributed by atoms with E-state index in [-0.39, 0.29) is 10.6 Å². The molecule has 1 aromatic rings. The maximum atomic E-state index is 11.5. The third kappa shape index (κ3) is 3.08. The molecular formula is C9H7Br2ClO. The molecule has 0 saturated heterocycles. The quantitative estimate of drug-likeness (QED) is 0.591. The molecule has 0 aromatic heterocycles. The summed E-state index contributed by atoms with van der Waals surface area (Å²) in [5.74, 6) is 0.0307. The van der Waals surface area contributed by atoms with Crippen LogP contribution >= 0.6 is 43.5 Å². The summed E-state index contributed by atoms with van der Waals surface area (Å²) in [6.45, 7) is 1.79. The molecule has 13 heavy (non-hydrogen) atoms. The molecule has 1 nitrogen and oxygen atoms in total. The first-order chi connectivity index (χ1) is 6.00. The predicted octanol–water partition coefficient (Wildman–Crippen LogP) is 4.07. The molecule has 0 radical (unpaired) electrons. The van der Waals surface area contributed by atoms with Crippen LogP contribution in [0, 0.1) is 0 Å². The SMILES string of the molecule is CC(Br)C(=O)c1cc(Cl)cc(Br)c1. The van der Waals surface area contributed by atoms with E-state index in [0.29, 0.717) is 10.6 Å². The molecule has 1 rings (SSSR count). The number of ketones is 1. The van der Waals surface area contributed by atoms with Gasteiger partial charge in [0.1, 0.15) is 0 Å². The van der Waals surface area contributed by atoms with E-state index in [2.05, 4.69) is 31.9 Å². The molecular weight excluding hydrogens is 319 g/mol. The number of benzene rings is 1.